The highest BCUT2D eigenvalue weighted by Gasteiger charge is 2.08. The minimum atomic E-state index is -0.977. The van der Waals surface area contributed by atoms with Crippen molar-refractivity contribution < 1.29 is 14.7 Å². The summed E-state index contributed by atoms with van der Waals surface area (Å²) in [6.45, 7) is 2.49. The van der Waals surface area contributed by atoms with E-state index in [-0.39, 0.29) is 5.56 Å². The molecule has 0 aliphatic heterocycles. The number of aromatic carboxylic acids is 1. The van der Waals surface area contributed by atoms with Crippen molar-refractivity contribution in [1.29, 1.82) is 0 Å². The molecule has 0 bridgehead atoms. The predicted octanol–water partition coefficient (Wildman–Crippen LogP) is 3.62. The second kappa shape index (κ2) is 8.94. The molecule has 0 spiro atoms. The standard InChI is InChI=1S/C20H21N5O3/c1-13-11-21-20(24-16-8-6-14(7-9-16)12-22-28-2)25-18(13)23-17-5-3-4-15(10-17)19(26)27/h3-11,22H,12H2,1-2H3,(H,26,27)(H2,21,23,24,25). The number of hydroxylamine groups is 1. The van der Waals surface area contributed by atoms with Gasteiger partial charge in [0.2, 0.25) is 5.95 Å². The Morgan fingerprint density at radius 1 is 1.11 bits per heavy atom. The highest BCUT2D eigenvalue weighted by Crippen LogP contribution is 2.22. The van der Waals surface area contributed by atoms with Crippen molar-refractivity contribution >= 4 is 29.1 Å². The van der Waals surface area contributed by atoms with Gasteiger partial charge >= 0.3 is 5.97 Å². The lowest BCUT2D eigenvalue weighted by Gasteiger charge is -2.12. The summed E-state index contributed by atoms with van der Waals surface area (Å²) in [7, 11) is 1.58. The SMILES string of the molecule is CONCc1ccc(Nc2ncc(C)c(Nc3cccc(C(=O)O)c3)n2)cc1. The van der Waals surface area contributed by atoms with Gasteiger partial charge in [-0.15, -0.1) is 0 Å². The van der Waals surface area contributed by atoms with Crippen molar-refractivity contribution in [3.63, 3.8) is 0 Å². The Balaban J connectivity index is 1.74. The van der Waals surface area contributed by atoms with E-state index in [2.05, 4.69) is 26.1 Å². The number of rotatable bonds is 8. The Bertz CT molecular complexity index is 960. The number of aromatic nitrogens is 2. The van der Waals surface area contributed by atoms with Crippen LogP contribution in [0.3, 0.4) is 0 Å². The molecule has 0 aliphatic carbocycles. The highest BCUT2D eigenvalue weighted by molar-refractivity contribution is 5.89. The van der Waals surface area contributed by atoms with Gasteiger partial charge in [0.1, 0.15) is 5.82 Å². The van der Waals surface area contributed by atoms with E-state index in [1.165, 1.54) is 0 Å². The second-order valence-corrected chi connectivity index (χ2v) is 6.08. The van der Waals surface area contributed by atoms with Crippen molar-refractivity contribution in [3.8, 4) is 0 Å². The van der Waals surface area contributed by atoms with E-state index < -0.39 is 5.97 Å². The summed E-state index contributed by atoms with van der Waals surface area (Å²) < 4.78 is 0. The number of hydrogen-bond acceptors (Lipinski definition) is 7. The molecule has 2 aromatic carbocycles. The van der Waals surface area contributed by atoms with Crippen LogP contribution in [0.2, 0.25) is 0 Å². The summed E-state index contributed by atoms with van der Waals surface area (Å²) in [6, 6.07) is 14.4. The molecular weight excluding hydrogens is 358 g/mol. The molecule has 0 radical (unpaired) electrons. The first-order valence-corrected chi connectivity index (χ1v) is 8.61. The Hall–Kier alpha value is -3.49. The molecule has 8 nitrogen and oxygen atoms in total. The number of carboxylic acid groups (broad SMARTS) is 1. The molecule has 144 valence electrons. The molecule has 28 heavy (non-hydrogen) atoms. The van der Waals surface area contributed by atoms with Crippen LogP contribution in [0.5, 0.6) is 0 Å². The summed E-state index contributed by atoms with van der Waals surface area (Å²) in [5, 5.41) is 15.4. The lowest BCUT2D eigenvalue weighted by molar-refractivity contribution is 0.0697. The van der Waals surface area contributed by atoms with Crippen LogP contribution in [-0.2, 0) is 11.4 Å². The zero-order valence-electron chi connectivity index (χ0n) is 15.6. The quantitative estimate of drug-likeness (QED) is 0.440. The smallest absolute Gasteiger partial charge is 0.335 e. The fourth-order valence-electron chi connectivity index (χ4n) is 2.49. The number of carbonyl (C=O) groups is 1. The molecule has 0 fully saturated rings. The maximum Gasteiger partial charge on any atom is 0.335 e. The molecule has 1 heterocycles. The summed E-state index contributed by atoms with van der Waals surface area (Å²) in [5.41, 5.74) is 6.41. The second-order valence-electron chi connectivity index (χ2n) is 6.08. The minimum Gasteiger partial charge on any atom is -0.478 e. The van der Waals surface area contributed by atoms with E-state index in [0.29, 0.717) is 24.0 Å². The molecule has 4 N–H and O–H groups in total. The number of hydrogen-bond donors (Lipinski definition) is 4. The molecule has 3 aromatic rings. The molecule has 3 rings (SSSR count). The number of nitrogens with zero attached hydrogens (tertiary/aromatic N) is 2. The highest BCUT2D eigenvalue weighted by atomic mass is 16.6. The molecular formula is C20H21N5O3. The summed E-state index contributed by atoms with van der Waals surface area (Å²) >= 11 is 0. The van der Waals surface area contributed by atoms with E-state index in [1.54, 1.807) is 37.6 Å². The summed E-state index contributed by atoms with van der Waals surface area (Å²) in [5.74, 6) is 0.0563. The van der Waals surface area contributed by atoms with Crippen molar-refractivity contribution in [2.24, 2.45) is 0 Å². The number of carboxylic acids is 1. The molecule has 0 aliphatic rings. The molecule has 0 unspecified atom stereocenters. The Kier molecular flexibility index (Phi) is 6.15. The van der Waals surface area contributed by atoms with Crippen LogP contribution in [0, 0.1) is 6.92 Å². The number of anilines is 4. The fraction of sp³-hybridized carbons (Fsp3) is 0.150. The van der Waals surface area contributed by atoms with Crippen LogP contribution in [0.1, 0.15) is 21.5 Å². The molecule has 0 saturated heterocycles. The van der Waals surface area contributed by atoms with E-state index in [0.717, 1.165) is 16.8 Å². The Labute approximate surface area is 162 Å². The van der Waals surface area contributed by atoms with E-state index >= 15 is 0 Å². The number of benzene rings is 2. The van der Waals surface area contributed by atoms with Crippen molar-refractivity contribution in [3.05, 3.63) is 71.4 Å². The Morgan fingerprint density at radius 3 is 2.61 bits per heavy atom. The largest absolute Gasteiger partial charge is 0.478 e. The van der Waals surface area contributed by atoms with E-state index in [4.69, 9.17) is 9.94 Å². The van der Waals surface area contributed by atoms with Crippen LogP contribution in [0.4, 0.5) is 23.1 Å². The van der Waals surface area contributed by atoms with Crippen LogP contribution in [0.25, 0.3) is 0 Å². The predicted molar refractivity (Wildman–Crippen MR) is 107 cm³/mol. The normalized spacial score (nSPS) is 10.5. The minimum absolute atomic E-state index is 0.207. The van der Waals surface area contributed by atoms with Gasteiger partial charge in [-0.05, 0) is 42.8 Å². The van der Waals surface area contributed by atoms with Gasteiger partial charge in [0.05, 0.1) is 12.7 Å². The topological polar surface area (TPSA) is 108 Å². The van der Waals surface area contributed by atoms with Crippen molar-refractivity contribution in [2.75, 3.05) is 17.7 Å². The first-order chi connectivity index (χ1) is 13.5. The van der Waals surface area contributed by atoms with Gasteiger partial charge in [-0.2, -0.15) is 10.5 Å². The number of aryl methyl sites for hydroxylation is 1. The van der Waals surface area contributed by atoms with Gasteiger partial charge in [-0.3, -0.25) is 0 Å². The number of nitrogens with one attached hydrogen (secondary N) is 3. The molecule has 8 heteroatoms. The van der Waals surface area contributed by atoms with Crippen LogP contribution in [0.15, 0.2) is 54.7 Å². The van der Waals surface area contributed by atoms with Gasteiger partial charge in [0.15, 0.2) is 0 Å². The summed E-state index contributed by atoms with van der Waals surface area (Å²) in [6.07, 6.45) is 1.70. The van der Waals surface area contributed by atoms with Gasteiger partial charge in [-0.1, -0.05) is 18.2 Å². The fourth-order valence-corrected chi connectivity index (χ4v) is 2.49. The van der Waals surface area contributed by atoms with Gasteiger partial charge in [0.25, 0.3) is 0 Å². The van der Waals surface area contributed by atoms with Gasteiger partial charge in [0, 0.05) is 29.7 Å². The monoisotopic (exact) mass is 379 g/mol. The maximum atomic E-state index is 11.1. The van der Waals surface area contributed by atoms with E-state index in [9.17, 15) is 4.79 Å². The third-order valence-electron chi connectivity index (χ3n) is 3.97. The van der Waals surface area contributed by atoms with Gasteiger partial charge in [-0.25, -0.2) is 9.78 Å². The molecule has 0 saturated carbocycles. The zero-order chi connectivity index (χ0) is 19.9. The average Bonchev–Trinajstić information content (AvgIpc) is 2.70. The zero-order valence-corrected chi connectivity index (χ0v) is 15.6. The first kappa shape index (κ1) is 19.3. The average molecular weight is 379 g/mol. The van der Waals surface area contributed by atoms with Gasteiger partial charge < -0.3 is 20.6 Å². The van der Waals surface area contributed by atoms with Crippen LogP contribution >= 0.6 is 0 Å². The lowest BCUT2D eigenvalue weighted by atomic mass is 10.2. The van der Waals surface area contributed by atoms with E-state index in [1.807, 2.05) is 31.2 Å². The first-order valence-electron chi connectivity index (χ1n) is 8.61. The molecule has 0 atom stereocenters. The Morgan fingerprint density at radius 2 is 1.89 bits per heavy atom. The maximum absolute atomic E-state index is 11.1. The van der Waals surface area contributed by atoms with Crippen molar-refractivity contribution in [2.45, 2.75) is 13.5 Å². The third-order valence-corrected chi connectivity index (χ3v) is 3.97. The summed E-state index contributed by atoms with van der Waals surface area (Å²) in [4.78, 5) is 24.8. The van der Waals surface area contributed by atoms with Crippen molar-refractivity contribution in [1.82, 2.24) is 15.4 Å². The third kappa shape index (κ3) is 5.03. The molecule has 1 aromatic heterocycles. The molecule has 0 amide bonds. The van der Waals surface area contributed by atoms with Crippen LogP contribution < -0.4 is 16.1 Å². The van der Waals surface area contributed by atoms with Crippen LogP contribution in [-0.4, -0.2) is 28.2 Å². The lowest BCUT2D eigenvalue weighted by Crippen LogP contribution is -2.10.